The Morgan fingerprint density at radius 2 is 2.04 bits per heavy atom. The Hall–Kier alpha value is -1.66. The zero-order chi connectivity index (χ0) is 16.7. The lowest BCUT2D eigenvalue weighted by Crippen LogP contribution is -2.36. The second kappa shape index (κ2) is 10.3. The fraction of sp³-hybridized carbons (Fsp3) is 0.471. The lowest BCUT2D eigenvalue weighted by atomic mass is 9.95. The van der Waals surface area contributed by atoms with Crippen LogP contribution in [0.5, 0.6) is 5.75 Å². The molecule has 1 amide bonds. The summed E-state index contributed by atoms with van der Waals surface area (Å²) in [4.78, 5) is 12.1. The molecule has 0 aromatic heterocycles. The highest BCUT2D eigenvalue weighted by Crippen LogP contribution is 2.21. The van der Waals surface area contributed by atoms with Gasteiger partial charge in [-0.2, -0.15) is 0 Å². The SMILES string of the molecule is Cl.NC/C=C(/F)COc1ccc(C(=O)NC2CCCCC2)cc1F. The van der Waals surface area contributed by atoms with Gasteiger partial charge in [0, 0.05) is 18.2 Å². The van der Waals surface area contributed by atoms with Gasteiger partial charge < -0.3 is 15.8 Å². The van der Waals surface area contributed by atoms with Crippen LogP contribution in [0.1, 0.15) is 42.5 Å². The zero-order valence-electron chi connectivity index (χ0n) is 13.4. The van der Waals surface area contributed by atoms with E-state index in [1.54, 1.807) is 0 Å². The number of hydrogen-bond acceptors (Lipinski definition) is 3. The summed E-state index contributed by atoms with van der Waals surface area (Å²) >= 11 is 0. The fourth-order valence-corrected chi connectivity index (χ4v) is 2.61. The van der Waals surface area contributed by atoms with E-state index < -0.39 is 11.6 Å². The van der Waals surface area contributed by atoms with Crippen molar-refractivity contribution in [2.24, 2.45) is 5.73 Å². The molecule has 7 heteroatoms. The van der Waals surface area contributed by atoms with Crippen molar-refractivity contribution >= 4 is 18.3 Å². The molecule has 0 spiro atoms. The lowest BCUT2D eigenvalue weighted by molar-refractivity contribution is 0.0927. The Kier molecular flexibility index (Phi) is 8.71. The Morgan fingerprint density at radius 1 is 1.33 bits per heavy atom. The summed E-state index contributed by atoms with van der Waals surface area (Å²) in [6.07, 6.45) is 6.48. The van der Waals surface area contributed by atoms with Gasteiger partial charge in [0.2, 0.25) is 0 Å². The van der Waals surface area contributed by atoms with Crippen LogP contribution in [0.15, 0.2) is 30.1 Å². The number of nitrogens with two attached hydrogens (primary N) is 1. The van der Waals surface area contributed by atoms with Crippen molar-refractivity contribution in [3.05, 3.63) is 41.5 Å². The highest BCUT2D eigenvalue weighted by molar-refractivity contribution is 5.94. The van der Waals surface area contributed by atoms with Crippen molar-refractivity contribution in [3.63, 3.8) is 0 Å². The van der Waals surface area contributed by atoms with E-state index in [9.17, 15) is 13.6 Å². The van der Waals surface area contributed by atoms with Crippen LogP contribution >= 0.6 is 12.4 Å². The molecule has 0 saturated heterocycles. The molecule has 0 aliphatic heterocycles. The molecule has 1 aliphatic rings. The Balaban J connectivity index is 0.00000288. The molecule has 1 saturated carbocycles. The average Bonchev–Trinajstić information content (AvgIpc) is 2.55. The largest absolute Gasteiger partial charge is 0.483 e. The van der Waals surface area contributed by atoms with Gasteiger partial charge in [-0.05, 0) is 37.1 Å². The molecule has 0 atom stereocenters. The summed E-state index contributed by atoms with van der Waals surface area (Å²) in [6, 6.07) is 4.07. The molecule has 134 valence electrons. The van der Waals surface area contributed by atoms with Gasteiger partial charge in [-0.1, -0.05) is 19.3 Å². The first kappa shape index (κ1) is 20.4. The molecule has 1 aromatic carbocycles. The predicted molar refractivity (Wildman–Crippen MR) is 91.7 cm³/mol. The van der Waals surface area contributed by atoms with Crippen molar-refractivity contribution in [2.45, 2.75) is 38.1 Å². The topological polar surface area (TPSA) is 64.3 Å². The number of carbonyl (C=O) groups is 1. The standard InChI is InChI=1S/C17H22F2N2O2.ClH/c18-13(8-9-20)11-23-16-7-6-12(10-15(16)19)17(22)21-14-4-2-1-3-5-14;/h6-8,10,14H,1-5,9,11,20H2,(H,21,22);1H/b13-8+;. The molecule has 0 radical (unpaired) electrons. The Bertz CT molecular complexity index is 576. The third kappa shape index (κ3) is 6.09. The Morgan fingerprint density at radius 3 is 2.67 bits per heavy atom. The molecule has 2 rings (SSSR count). The van der Waals surface area contributed by atoms with E-state index >= 15 is 0 Å². The van der Waals surface area contributed by atoms with Crippen molar-refractivity contribution in [3.8, 4) is 5.75 Å². The fourth-order valence-electron chi connectivity index (χ4n) is 2.61. The van der Waals surface area contributed by atoms with E-state index in [4.69, 9.17) is 10.5 Å². The summed E-state index contributed by atoms with van der Waals surface area (Å²) in [5.41, 5.74) is 5.40. The van der Waals surface area contributed by atoms with Crippen LogP contribution in [0.25, 0.3) is 0 Å². The zero-order valence-corrected chi connectivity index (χ0v) is 14.2. The summed E-state index contributed by atoms with van der Waals surface area (Å²) in [5, 5.41) is 2.92. The molecule has 1 fully saturated rings. The predicted octanol–water partition coefficient (Wildman–Crippen LogP) is 3.50. The van der Waals surface area contributed by atoms with Gasteiger partial charge in [0.25, 0.3) is 5.91 Å². The highest BCUT2D eigenvalue weighted by atomic mass is 35.5. The van der Waals surface area contributed by atoms with Gasteiger partial charge in [-0.3, -0.25) is 4.79 Å². The minimum atomic E-state index is -0.693. The van der Waals surface area contributed by atoms with Crippen LogP contribution in [0.4, 0.5) is 8.78 Å². The van der Waals surface area contributed by atoms with Crippen LogP contribution in [0.2, 0.25) is 0 Å². The highest BCUT2D eigenvalue weighted by Gasteiger charge is 2.17. The van der Waals surface area contributed by atoms with Gasteiger partial charge >= 0.3 is 0 Å². The molecule has 0 unspecified atom stereocenters. The number of carbonyl (C=O) groups excluding carboxylic acids is 1. The number of halogens is 3. The van der Waals surface area contributed by atoms with Crippen LogP contribution in [0.3, 0.4) is 0 Å². The van der Waals surface area contributed by atoms with E-state index in [0.29, 0.717) is 0 Å². The van der Waals surface area contributed by atoms with Gasteiger partial charge in [0.15, 0.2) is 11.6 Å². The maximum Gasteiger partial charge on any atom is 0.251 e. The third-order valence-corrected chi connectivity index (χ3v) is 3.84. The molecule has 3 N–H and O–H groups in total. The van der Waals surface area contributed by atoms with Gasteiger partial charge in [-0.15, -0.1) is 12.4 Å². The molecule has 1 aromatic rings. The minimum absolute atomic E-state index is 0. The normalized spacial score (nSPS) is 15.5. The van der Waals surface area contributed by atoms with Crippen molar-refractivity contribution < 1.29 is 18.3 Å². The van der Waals surface area contributed by atoms with E-state index in [1.807, 2.05) is 0 Å². The first-order valence-electron chi connectivity index (χ1n) is 7.88. The molecular weight excluding hydrogens is 338 g/mol. The summed E-state index contributed by atoms with van der Waals surface area (Å²) in [6.45, 7) is -0.334. The van der Waals surface area contributed by atoms with Crippen LogP contribution in [-0.2, 0) is 0 Å². The van der Waals surface area contributed by atoms with E-state index in [1.165, 1.54) is 18.6 Å². The molecule has 1 aliphatic carbocycles. The first-order valence-corrected chi connectivity index (χ1v) is 7.88. The van der Waals surface area contributed by atoms with Crippen molar-refractivity contribution in [2.75, 3.05) is 13.2 Å². The van der Waals surface area contributed by atoms with E-state index in [-0.39, 0.29) is 48.8 Å². The average molecular weight is 361 g/mol. The monoisotopic (exact) mass is 360 g/mol. The van der Waals surface area contributed by atoms with Gasteiger partial charge in [0.1, 0.15) is 12.4 Å². The molecule has 4 nitrogen and oxygen atoms in total. The first-order chi connectivity index (χ1) is 11.1. The maximum absolute atomic E-state index is 14.0. The molecule has 0 bridgehead atoms. The summed E-state index contributed by atoms with van der Waals surface area (Å²) in [5.74, 6) is -1.65. The second-order valence-corrected chi connectivity index (χ2v) is 5.63. The second-order valence-electron chi connectivity index (χ2n) is 5.63. The smallest absolute Gasteiger partial charge is 0.251 e. The van der Waals surface area contributed by atoms with Crippen LogP contribution < -0.4 is 15.8 Å². The minimum Gasteiger partial charge on any atom is -0.483 e. The van der Waals surface area contributed by atoms with Crippen LogP contribution in [0, 0.1) is 5.82 Å². The summed E-state index contributed by atoms with van der Waals surface area (Å²) < 4.78 is 32.1. The van der Waals surface area contributed by atoms with Crippen LogP contribution in [-0.4, -0.2) is 25.1 Å². The van der Waals surface area contributed by atoms with Crippen molar-refractivity contribution in [1.82, 2.24) is 5.32 Å². The number of ether oxygens (including phenoxy) is 1. The molecule has 24 heavy (non-hydrogen) atoms. The van der Waals surface area contributed by atoms with Crippen molar-refractivity contribution in [1.29, 1.82) is 0 Å². The summed E-state index contributed by atoms with van der Waals surface area (Å²) in [7, 11) is 0. The molecular formula is C17H23ClF2N2O2. The molecule has 0 heterocycles. The number of nitrogens with one attached hydrogen (secondary N) is 1. The van der Waals surface area contributed by atoms with E-state index in [2.05, 4.69) is 5.32 Å². The lowest BCUT2D eigenvalue weighted by Gasteiger charge is -2.22. The van der Waals surface area contributed by atoms with Gasteiger partial charge in [0.05, 0.1) is 0 Å². The quantitative estimate of drug-likeness (QED) is 0.816. The number of amides is 1. The maximum atomic E-state index is 14.0. The van der Waals surface area contributed by atoms with E-state index in [0.717, 1.165) is 37.8 Å². The number of rotatable bonds is 6. The third-order valence-electron chi connectivity index (χ3n) is 3.84. The van der Waals surface area contributed by atoms with Gasteiger partial charge in [-0.25, -0.2) is 8.78 Å². The number of hydrogen-bond donors (Lipinski definition) is 2. The Labute approximate surface area is 146 Å². The number of benzene rings is 1.